The second-order valence-corrected chi connectivity index (χ2v) is 9.43. The summed E-state index contributed by atoms with van der Waals surface area (Å²) in [6, 6.07) is 10.8. The fraction of sp³-hybridized carbons (Fsp3) is 0.417. The van der Waals surface area contributed by atoms with Gasteiger partial charge in [0.2, 0.25) is 0 Å². The zero-order valence-electron chi connectivity index (χ0n) is 18.7. The molecule has 4 rings (SSSR count). The molecule has 2 aromatic heterocycles. The molecule has 1 N–H and O–H groups in total. The normalized spacial score (nSPS) is 14.0. The molecule has 0 atom stereocenters. The number of pyridine rings is 1. The lowest BCUT2D eigenvalue weighted by Gasteiger charge is -2.16. The Labute approximate surface area is 202 Å². The van der Waals surface area contributed by atoms with Gasteiger partial charge in [0.25, 0.3) is 11.5 Å². The van der Waals surface area contributed by atoms with Crippen molar-refractivity contribution in [2.75, 3.05) is 12.8 Å². The quantitative estimate of drug-likeness (QED) is 0.360. The van der Waals surface area contributed by atoms with Gasteiger partial charge in [0.15, 0.2) is 5.16 Å². The zero-order chi connectivity index (χ0) is 23.2. The van der Waals surface area contributed by atoms with Gasteiger partial charge in [-0.15, -0.1) is 10.2 Å². The third-order valence-corrected chi connectivity index (χ3v) is 7.03. The highest BCUT2D eigenvalue weighted by Crippen LogP contribution is 2.33. The molecule has 1 aliphatic rings. The number of aromatic nitrogens is 4. The van der Waals surface area contributed by atoms with Crippen molar-refractivity contribution in [1.29, 1.82) is 0 Å². The van der Waals surface area contributed by atoms with Crippen molar-refractivity contribution in [2.45, 2.75) is 56.3 Å². The van der Waals surface area contributed by atoms with Gasteiger partial charge in [0.1, 0.15) is 5.82 Å². The number of carbonyl (C=O) groups excluding carboxylic acids is 1. The molecule has 0 unspecified atom stereocenters. The Balaban J connectivity index is 1.35. The minimum Gasteiger partial charge on any atom is -0.352 e. The summed E-state index contributed by atoms with van der Waals surface area (Å²) in [5.74, 6) is 0.791. The van der Waals surface area contributed by atoms with E-state index in [1.165, 1.54) is 36.3 Å². The smallest absolute Gasteiger partial charge is 0.252 e. The van der Waals surface area contributed by atoms with E-state index in [2.05, 4.69) is 20.1 Å². The van der Waals surface area contributed by atoms with Crippen molar-refractivity contribution in [2.24, 2.45) is 0 Å². The monoisotopic (exact) mass is 485 g/mol. The van der Waals surface area contributed by atoms with Crippen LogP contribution in [0.3, 0.4) is 0 Å². The van der Waals surface area contributed by atoms with E-state index in [1.807, 2.05) is 24.5 Å². The number of hydrogen-bond donors (Lipinski definition) is 1. The van der Waals surface area contributed by atoms with Crippen LogP contribution in [0.5, 0.6) is 0 Å². The van der Waals surface area contributed by atoms with E-state index < -0.39 is 0 Å². The average Bonchev–Trinajstić information content (AvgIpc) is 3.49. The molecule has 2 heterocycles. The fourth-order valence-corrected chi connectivity index (χ4v) is 5.07. The van der Waals surface area contributed by atoms with Gasteiger partial charge in [0.05, 0.1) is 12.1 Å². The van der Waals surface area contributed by atoms with Gasteiger partial charge in [0, 0.05) is 36.3 Å². The molecule has 9 heteroatoms. The highest BCUT2D eigenvalue weighted by atomic mass is 35.5. The number of rotatable bonds is 9. The molecule has 1 fully saturated rings. The molecule has 33 heavy (non-hydrogen) atoms. The molecule has 0 bridgehead atoms. The third kappa shape index (κ3) is 5.68. The molecule has 0 saturated heterocycles. The highest BCUT2D eigenvalue weighted by Gasteiger charge is 2.23. The highest BCUT2D eigenvalue weighted by molar-refractivity contribution is 7.98. The summed E-state index contributed by atoms with van der Waals surface area (Å²) in [6.07, 6.45) is 10.0. The molecule has 0 spiro atoms. The molecular formula is C24H28ClN5O2S. The Morgan fingerprint density at radius 2 is 1.97 bits per heavy atom. The number of hydrogen-bond acceptors (Lipinski definition) is 5. The molecule has 7 nitrogen and oxygen atoms in total. The predicted octanol–water partition coefficient (Wildman–Crippen LogP) is 4.34. The first kappa shape index (κ1) is 23.6. The maximum Gasteiger partial charge on any atom is 0.252 e. The van der Waals surface area contributed by atoms with Crippen molar-refractivity contribution in [1.82, 2.24) is 24.6 Å². The minimum atomic E-state index is -0.204. The molecule has 1 amide bonds. The Morgan fingerprint density at radius 1 is 1.18 bits per heavy atom. The first-order valence-electron chi connectivity index (χ1n) is 11.3. The van der Waals surface area contributed by atoms with E-state index in [0.29, 0.717) is 29.7 Å². The van der Waals surface area contributed by atoms with Crippen LogP contribution in [0.25, 0.3) is 0 Å². The van der Waals surface area contributed by atoms with Crippen molar-refractivity contribution < 1.29 is 4.79 Å². The van der Waals surface area contributed by atoms with Gasteiger partial charge >= 0.3 is 0 Å². The molecule has 1 saturated carbocycles. The van der Waals surface area contributed by atoms with E-state index in [0.717, 1.165) is 29.4 Å². The number of nitrogens with one attached hydrogen (secondary N) is 1. The molecule has 1 aromatic carbocycles. The Hall–Kier alpha value is -2.58. The first-order chi connectivity index (χ1) is 16.1. The Morgan fingerprint density at radius 3 is 2.73 bits per heavy atom. The lowest BCUT2D eigenvalue weighted by atomic mass is 10.2. The van der Waals surface area contributed by atoms with Crippen LogP contribution in [0.1, 0.15) is 59.9 Å². The standard InChI is InChI=1S/C24H28ClN5O2S/c1-33-24-28-27-21(30(24)19-8-3-4-9-19)11-6-14-26-23(32)18-12-13-22(31)29(16-18)15-17-7-2-5-10-20(17)25/h2,5,7,10,12-13,16,19H,3-4,6,8-9,11,14-15H2,1H3,(H,26,32). The van der Waals surface area contributed by atoms with Gasteiger partial charge in [-0.2, -0.15) is 0 Å². The van der Waals surface area contributed by atoms with Crippen LogP contribution < -0.4 is 10.9 Å². The average molecular weight is 486 g/mol. The van der Waals surface area contributed by atoms with Crippen molar-refractivity contribution in [3.05, 3.63) is 74.9 Å². The van der Waals surface area contributed by atoms with Crippen LogP contribution in [-0.4, -0.2) is 38.0 Å². The second-order valence-electron chi connectivity index (χ2n) is 8.25. The van der Waals surface area contributed by atoms with E-state index in [4.69, 9.17) is 11.6 Å². The topological polar surface area (TPSA) is 81.8 Å². The van der Waals surface area contributed by atoms with Crippen LogP contribution in [0.2, 0.25) is 5.02 Å². The van der Waals surface area contributed by atoms with Crippen LogP contribution in [0.15, 0.2) is 52.5 Å². The molecule has 0 aliphatic heterocycles. The number of amides is 1. The lowest BCUT2D eigenvalue weighted by Crippen LogP contribution is -2.28. The number of carbonyl (C=O) groups is 1. The Kier molecular flexibility index (Phi) is 7.88. The molecule has 0 radical (unpaired) electrons. The molecule has 174 valence electrons. The van der Waals surface area contributed by atoms with Gasteiger partial charge in [-0.3, -0.25) is 9.59 Å². The number of nitrogens with zero attached hydrogens (tertiary/aromatic N) is 4. The summed E-state index contributed by atoms with van der Waals surface area (Å²) in [4.78, 5) is 24.9. The predicted molar refractivity (Wildman–Crippen MR) is 131 cm³/mol. The SMILES string of the molecule is CSc1nnc(CCCNC(=O)c2ccc(=O)n(Cc3ccccc3Cl)c2)n1C1CCCC1. The molecule has 3 aromatic rings. The number of thioether (sulfide) groups is 1. The van der Waals surface area contributed by atoms with Crippen molar-refractivity contribution in [3.8, 4) is 0 Å². The second kappa shape index (κ2) is 11.0. The number of benzene rings is 1. The van der Waals surface area contributed by atoms with Crippen LogP contribution >= 0.6 is 23.4 Å². The molecule has 1 aliphatic carbocycles. The zero-order valence-corrected chi connectivity index (χ0v) is 20.2. The van der Waals surface area contributed by atoms with Gasteiger partial charge in [-0.05, 0) is 43.2 Å². The van der Waals surface area contributed by atoms with Crippen LogP contribution in [0, 0.1) is 0 Å². The first-order valence-corrected chi connectivity index (χ1v) is 12.9. The summed E-state index contributed by atoms with van der Waals surface area (Å²) in [5.41, 5.74) is 1.09. The van der Waals surface area contributed by atoms with E-state index >= 15 is 0 Å². The maximum absolute atomic E-state index is 12.7. The molecular weight excluding hydrogens is 458 g/mol. The van der Waals surface area contributed by atoms with Gasteiger partial charge < -0.3 is 14.5 Å². The van der Waals surface area contributed by atoms with E-state index in [1.54, 1.807) is 30.1 Å². The summed E-state index contributed by atoms with van der Waals surface area (Å²) in [5, 5.41) is 13.3. The van der Waals surface area contributed by atoms with Crippen molar-refractivity contribution in [3.63, 3.8) is 0 Å². The van der Waals surface area contributed by atoms with Gasteiger partial charge in [-0.25, -0.2) is 0 Å². The maximum atomic E-state index is 12.7. The summed E-state index contributed by atoms with van der Waals surface area (Å²) in [7, 11) is 0. The van der Waals surface area contributed by atoms with E-state index in [9.17, 15) is 9.59 Å². The summed E-state index contributed by atoms with van der Waals surface area (Å²) >= 11 is 7.85. The number of halogens is 1. The fourth-order valence-electron chi connectivity index (χ4n) is 4.30. The largest absolute Gasteiger partial charge is 0.352 e. The van der Waals surface area contributed by atoms with Crippen LogP contribution in [-0.2, 0) is 13.0 Å². The van der Waals surface area contributed by atoms with E-state index in [-0.39, 0.29) is 11.5 Å². The Bertz CT molecular complexity index is 1170. The van der Waals surface area contributed by atoms with Crippen molar-refractivity contribution >= 4 is 29.3 Å². The number of aryl methyl sites for hydroxylation is 1. The van der Waals surface area contributed by atoms with Gasteiger partial charge in [-0.1, -0.05) is 54.4 Å². The summed E-state index contributed by atoms with van der Waals surface area (Å²) in [6.45, 7) is 0.836. The third-order valence-electron chi connectivity index (χ3n) is 6.01. The van der Waals surface area contributed by atoms with Crippen LogP contribution in [0.4, 0.5) is 0 Å². The lowest BCUT2D eigenvalue weighted by molar-refractivity contribution is 0.0952. The minimum absolute atomic E-state index is 0.178. The summed E-state index contributed by atoms with van der Waals surface area (Å²) < 4.78 is 3.80.